The predicted octanol–water partition coefficient (Wildman–Crippen LogP) is 2.60. The van der Waals surface area contributed by atoms with Crippen LogP contribution in [0.5, 0.6) is 5.75 Å². The molecule has 0 spiro atoms. The number of hydrogen-bond donors (Lipinski definition) is 1. The molecule has 1 aromatic heterocycles. The second-order valence-electron chi connectivity index (χ2n) is 6.25. The highest BCUT2D eigenvalue weighted by molar-refractivity contribution is 6.09. The summed E-state index contributed by atoms with van der Waals surface area (Å²) in [5.74, 6) is 0.154. The third-order valence-electron chi connectivity index (χ3n) is 4.38. The van der Waals surface area contributed by atoms with Gasteiger partial charge in [-0.1, -0.05) is 6.07 Å². The molecular formula is C18H19N3O3. The molecule has 6 heteroatoms. The van der Waals surface area contributed by atoms with Gasteiger partial charge in [0, 0.05) is 24.6 Å². The highest BCUT2D eigenvalue weighted by Gasteiger charge is 2.42. The summed E-state index contributed by atoms with van der Waals surface area (Å²) in [7, 11) is 3.24. The highest BCUT2D eigenvalue weighted by atomic mass is 16.5. The zero-order chi connectivity index (χ0) is 17.5. The largest absolute Gasteiger partial charge is 0.494 e. The van der Waals surface area contributed by atoms with E-state index < -0.39 is 5.41 Å². The van der Waals surface area contributed by atoms with E-state index in [0.29, 0.717) is 17.0 Å². The maximum absolute atomic E-state index is 12.5. The van der Waals surface area contributed by atoms with Crippen LogP contribution >= 0.6 is 0 Å². The summed E-state index contributed by atoms with van der Waals surface area (Å²) in [6.07, 6.45) is 3.03. The minimum atomic E-state index is -0.555. The number of rotatable bonds is 3. The normalized spacial score (nSPS) is 15.2. The van der Waals surface area contributed by atoms with Crippen LogP contribution in [-0.2, 0) is 10.2 Å². The van der Waals surface area contributed by atoms with Gasteiger partial charge in [-0.3, -0.25) is 14.6 Å². The number of hydrogen-bond acceptors (Lipinski definition) is 4. The number of likely N-dealkylation sites (N-methyl/N-ethyl adjacent to an activating group) is 1. The van der Waals surface area contributed by atoms with Crippen LogP contribution in [0.3, 0.4) is 0 Å². The summed E-state index contributed by atoms with van der Waals surface area (Å²) >= 11 is 0. The Labute approximate surface area is 140 Å². The molecule has 1 N–H and O–H groups in total. The lowest BCUT2D eigenvalue weighted by Gasteiger charge is -2.16. The van der Waals surface area contributed by atoms with Crippen molar-refractivity contribution < 1.29 is 14.3 Å². The molecule has 124 valence electrons. The van der Waals surface area contributed by atoms with Gasteiger partial charge < -0.3 is 15.0 Å². The number of carbonyl (C=O) groups is 2. The first-order chi connectivity index (χ1) is 11.4. The van der Waals surface area contributed by atoms with Gasteiger partial charge in [0.15, 0.2) is 0 Å². The number of aromatic nitrogens is 1. The topological polar surface area (TPSA) is 71.5 Å². The number of fused-ring (bicyclic) bond motifs is 1. The molecule has 0 bridgehead atoms. The molecule has 0 saturated heterocycles. The predicted molar refractivity (Wildman–Crippen MR) is 91.6 cm³/mol. The molecule has 1 aliphatic rings. The molecule has 0 unspecified atom stereocenters. The Bertz CT molecular complexity index is 830. The Morgan fingerprint density at radius 1 is 1.29 bits per heavy atom. The Morgan fingerprint density at radius 3 is 2.75 bits per heavy atom. The van der Waals surface area contributed by atoms with Crippen LogP contribution in [0.1, 0.15) is 29.8 Å². The highest BCUT2D eigenvalue weighted by Crippen LogP contribution is 2.41. The average molecular weight is 325 g/mol. The van der Waals surface area contributed by atoms with E-state index in [1.165, 1.54) is 19.5 Å². The van der Waals surface area contributed by atoms with Crippen molar-refractivity contribution in [2.24, 2.45) is 0 Å². The Hall–Kier alpha value is -2.89. The summed E-state index contributed by atoms with van der Waals surface area (Å²) in [5.41, 5.74) is 2.23. The lowest BCUT2D eigenvalue weighted by Crippen LogP contribution is -2.33. The standard InChI is InChI=1S/C18H19N3O3/c1-18(2)13-6-5-11(9-14(13)21(3)17(18)23)20-16(22)12-7-8-19-10-15(12)24-4/h5-10H,1-4H3,(H,20,22). The molecule has 0 atom stereocenters. The van der Waals surface area contributed by atoms with Gasteiger partial charge >= 0.3 is 0 Å². The van der Waals surface area contributed by atoms with Crippen molar-refractivity contribution >= 4 is 23.2 Å². The molecule has 0 saturated carbocycles. The minimum absolute atomic E-state index is 0.0387. The van der Waals surface area contributed by atoms with Crippen LogP contribution in [0.15, 0.2) is 36.7 Å². The first-order valence-electron chi connectivity index (χ1n) is 7.58. The number of amides is 2. The van der Waals surface area contributed by atoms with E-state index in [1.807, 2.05) is 26.0 Å². The molecule has 0 fully saturated rings. The number of pyridine rings is 1. The fraction of sp³-hybridized carbons (Fsp3) is 0.278. The Morgan fingerprint density at radius 2 is 2.04 bits per heavy atom. The molecule has 2 amide bonds. The Balaban J connectivity index is 1.91. The molecule has 0 radical (unpaired) electrons. The lowest BCUT2D eigenvalue weighted by atomic mass is 9.86. The number of nitrogens with one attached hydrogen (secondary N) is 1. The molecule has 1 aliphatic heterocycles. The van der Waals surface area contributed by atoms with Crippen molar-refractivity contribution in [3.8, 4) is 5.75 Å². The number of benzene rings is 1. The van der Waals surface area contributed by atoms with Crippen molar-refractivity contribution in [2.45, 2.75) is 19.3 Å². The van der Waals surface area contributed by atoms with Crippen molar-refractivity contribution in [2.75, 3.05) is 24.4 Å². The summed E-state index contributed by atoms with van der Waals surface area (Å²) in [4.78, 5) is 30.4. The number of carbonyl (C=O) groups excluding carboxylic acids is 2. The van der Waals surface area contributed by atoms with Crippen molar-refractivity contribution in [1.29, 1.82) is 0 Å². The molecule has 6 nitrogen and oxygen atoms in total. The maximum Gasteiger partial charge on any atom is 0.259 e. The van der Waals surface area contributed by atoms with Crippen molar-refractivity contribution in [3.05, 3.63) is 47.8 Å². The third kappa shape index (κ3) is 2.40. The number of methoxy groups -OCH3 is 1. The van der Waals surface area contributed by atoms with Gasteiger partial charge in [0.2, 0.25) is 5.91 Å². The van der Waals surface area contributed by atoms with Crippen LogP contribution in [0.25, 0.3) is 0 Å². The lowest BCUT2D eigenvalue weighted by molar-refractivity contribution is -0.121. The molecule has 3 rings (SSSR count). The van der Waals surface area contributed by atoms with Gasteiger partial charge in [-0.15, -0.1) is 0 Å². The van der Waals surface area contributed by atoms with Gasteiger partial charge in [0.05, 0.1) is 24.3 Å². The number of anilines is 2. The number of ether oxygens (including phenoxy) is 1. The van der Waals surface area contributed by atoms with Gasteiger partial charge in [-0.05, 0) is 37.6 Å². The van der Waals surface area contributed by atoms with E-state index in [0.717, 1.165) is 11.3 Å². The molecular weight excluding hydrogens is 306 g/mol. The summed E-state index contributed by atoms with van der Waals surface area (Å²) in [5, 5.41) is 2.84. The number of nitrogens with zero attached hydrogens (tertiary/aromatic N) is 2. The second-order valence-corrected chi connectivity index (χ2v) is 6.25. The van der Waals surface area contributed by atoms with E-state index >= 15 is 0 Å². The van der Waals surface area contributed by atoms with Gasteiger partial charge in [0.25, 0.3) is 5.91 Å². The van der Waals surface area contributed by atoms with Crippen LogP contribution in [0.2, 0.25) is 0 Å². The van der Waals surface area contributed by atoms with E-state index in [-0.39, 0.29) is 11.8 Å². The monoisotopic (exact) mass is 325 g/mol. The SMILES string of the molecule is COc1cnccc1C(=O)Nc1ccc2c(c1)N(C)C(=O)C2(C)C. The van der Waals surface area contributed by atoms with Crippen molar-refractivity contribution in [3.63, 3.8) is 0 Å². The first kappa shape index (κ1) is 16.0. The summed E-state index contributed by atoms with van der Waals surface area (Å²) < 4.78 is 5.16. The van der Waals surface area contributed by atoms with E-state index in [1.54, 1.807) is 24.1 Å². The van der Waals surface area contributed by atoms with Gasteiger partial charge in [-0.2, -0.15) is 0 Å². The average Bonchev–Trinajstić information content (AvgIpc) is 2.75. The second kappa shape index (κ2) is 5.63. The third-order valence-corrected chi connectivity index (χ3v) is 4.38. The van der Waals surface area contributed by atoms with E-state index in [4.69, 9.17) is 4.74 Å². The Kier molecular flexibility index (Phi) is 3.75. The molecule has 1 aromatic carbocycles. The fourth-order valence-corrected chi connectivity index (χ4v) is 2.99. The molecule has 24 heavy (non-hydrogen) atoms. The van der Waals surface area contributed by atoms with E-state index in [9.17, 15) is 9.59 Å². The maximum atomic E-state index is 12.5. The molecule has 2 heterocycles. The fourth-order valence-electron chi connectivity index (χ4n) is 2.99. The smallest absolute Gasteiger partial charge is 0.259 e. The first-order valence-corrected chi connectivity index (χ1v) is 7.58. The van der Waals surface area contributed by atoms with Crippen LogP contribution in [0.4, 0.5) is 11.4 Å². The van der Waals surface area contributed by atoms with Gasteiger partial charge in [0.1, 0.15) is 5.75 Å². The quantitative estimate of drug-likeness (QED) is 0.941. The van der Waals surface area contributed by atoms with E-state index in [2.05, 4.69) is 10.3 Å². The van der Waals surface area contributed by atoms with Crippen LogP contribution < -0.4 is 15.0 Å². The molecule has 0 aliphatic carbocycles. The summed E-state index contributed by atoms with van der Waals surface area (Å²) in [6, 6.07) is 7.10. The zero-order valence-electron chi connectivity index (χ0n) is 14.1. The van der Waals surface area contributed by atoms with Crippen LogP contribution in [-0.4, -0.2) is 31.0 Å². The van der Waals surface area contributed by atoms with Crippen LogP contribution in [0, 0.1) is 0 Å². The summed E-state index contributed by atoms with van der Waals surface area (Å²) in [6.45, 7) is 3.80. The van der Waals surface area contributed by atoms with Crippen molar-refractivity contribution in [1.82, 2.24) is 4.98 Å². The molecule has 2 aromatic rings. The zero-order valence-corrected chi connectivity index (χ0v) is 14.1. The minimum Gasteiger partial charge on any atom is -0.494 e. The van der Waals surface area contributed by atoms with Gasteiger partial charge in [-0.25, -0.2) is 0 Å².